The van der Waals surface area contributed by atoms with Crippen LogP contribution in [0.15, 0.2) is 90.0 Å². The van der Waals surface area contributed by atoms with Gasteiger partial charge in [0.2, 0.25) is 0 Å². The van der Waals surface area contributed by atoms with E-state index in [-0.39, 0.29) is 5.91 Å². The molecule has 1 N–H and O–H groups in total. The zero-order valence-corrected chi connectivity index (χ0v) is 22.5. The molecule has 5 rings (SSSR count). The minimum atomic E-state index is -0.229. The number of nitrogens with one attached hydrogen (secondary N) is 1. The third-order valence-electron chi connectivity index (χ3n) is 7.02. The van der Waals surface area contributed by atoms with Gasteiger partial charge in [-0.3, -0.25) is 9.69 Å². The number of halogens is 1. The number of carbonyl (C=O) groups is 1. The van der Waals surface area contributed by atoms with Crippen LogP contribution in [0.25, 0.3) is 5.69 Å². The molecule has 1 fully saturated rings. The van der Waals surface area contributed by atoms with Crippen molar-refractivity contribution >= 4 is 29.4 Å². The van der Waals surface area contributed by atoms with Crippen molar-refractivity contribution in [2.45, 2.75) is 20.4 Å². The molecule has 3 aromatic carbocycles. The molecule has 0 radical (unpaired) electrons. The highest BCUT2D eigenvalue weighted by molar-refractivity contribution is 6.30. The maximum atomic E-state index is 12.7. The van der Waals surface area contributed by atoms with Crippen LogP contribution in [0.5, 0.6) is 0 Å². The molecule has 4 aromatic rings. The predicted molar refractivity (Wildman–Crippen MR) is 156 cm³/mol. The number of aromatic nitrogens is 1. The molecule has 0 bridgehead atoms. The number of piperazine rings is 1. The van der Waals surface area contributed by atoms with Gasteiger partial charge in [-0.1, -0.05) is 48.0 Å². The summed E-state index contributed by atoms with van der Waals surface area (Å²) in [5.74, 6) is -0.229. The van der Waals surface area contributed by atoms with Crippen molar-refractivity contribution in [3.63, 3.8) is 0 Å². The number of anilines is 1. The summed E-state index contributed by atoms with van der Waals surface area (Å²) in [7, 11) is 0. The van der Waals surface area contributed by atoms with E-state index in [1.807, 2.05) is 68.4 Å². The van der Waals surface area contributed by atoms with Crippen molar-refractivity contribution in [3.05, 3.63) is 118 Å². The number of nitrogens with zero attached hydrogens (tertiary/aromatic N) is 4. The van der Waals surface area contributed by atoms with Crippen LogP contribution in [0, 0.1) is 13.8 Å². The van der Waals surface area contributed by atoms with Gasteiger partial charge in [-0.2, -0.15) is 5.10 Å². The van der Waals surface area contributed by atoms with E-state index in [2.05, 4.69) is 55.2 Å². The molecular formula is C31H32ClN5O. The number of para-hydroxylation sites is 1. The minimum absolute atomic E-state index is 0.229. The first kappa shape index (κ1) is 25.8. The topological polar surface area (TPSA) is 52.9 Å². The van der Waals surface area contributed by atoms with Gasteiger partial charge in [-0.05, 0) is 67.9 Å². The highest BCUT2D eigenvalue weighted by Gasteiger charge is 2.17. The number of aryl methyl sites for hydroxylation is 1. The highest BCUT2D eigenvalue weighted by atomic mass is 35.5. The lowest BCUT2D eigenvalue weighted by Gasteiger charge is -2.36. The van der Waals surface area contributed by atoms with E-state index in [0.29, 0.717) is 10.6 Å². The summed E-state index contributed by atoms with van der Waals surface area (Å²) in [6.45, 7) is 9.01. The Bertz CT molecular complexity index is 1420. The van der Waals surface area contributed by atoms with Crippen LogP contribution in [0.1, 0.15) is 32.9 Å². The predicted octanol–water partition coefficient (Wildman–Crippen LogP) is 5.83. The van der Waals surface area contributed by atoms with Gasteiger partial charge in [0.05, 0.1) is 6.21 Å². The number of carbonyl (C=O) groups excluding carboxylic acids is 1. The average molecular weight is 526 g/mol. The molecule has 1 aliphatic heterocycles. The van der Waals surface area contributed by atoms with E-state index in [1.54, 1.807) is 6.21 Å². The Kier molecular flexibility index (Phi) is 7.91. The van der Waals surface area contributed by atoms with Crippen molar-refractivity contribution in [2.24, 2.45) is 5.10 Å². The average Bonchev–Trinajstić information content (AvgIpc) is 3.22. The second-order valence-electron chi connectivity index (χ2n) is 9.64. The molecule has 7 heteroatoms. The summed E-state index contributed by atoms with van der Waals surface area (Å²) in [6, 6.07) is 28.1. The summed E-state index contributed by atoms with van der Waals surface area (Å²) in [5, 5.41) is 4.90. The molecule has 1 aromatic heterocycles. The van der Waals surface area contributed by atoms with Crippen LogP contribution >= 0.6 is 11.6 Å². The van der Waals surface area contributed by atoms with Gasteiger partial charge in [0, 0.05) is 71.6 Å². The fourth-order valence-corrected chi connectivity index (χ4v) is 5.16. The van der Waals surface area contributed by atoms with Crippen molar-refractivity contribution in [3.8, 4) is 5.69 Å². The van der Waals surface area contributed by atoms with Gasteiger partial charge in [0.15, 0.2) is 0 Å². The maximum absolute atomic E-state index is 12.7. The van der Waals surface area contributed by atoms with Gasteiger partial charge >= 0.3 is 0 Å². The number of amides is 1. The number of hydrazone groups is 1. The van der Waals surface area contributed by atoms with E-state index in [4.69, 9.17) is 11.6 Å². The summed E-state index contributed by atoms with van der Waals surface area (Å²) in [5.41, 5.74) is 9.75. The third-order valence-corrected chi connectivity index (χ3v) is 7.26. The monoisotopic (exact) mass is 525 g/mol. The molecule has 1 amide bonds. The third kappa shape index (κ3) is 5.98. The van der Waals surface area contributed by atoms with Crippen molar-refractivity contribution in [1.82, 2.24) is 14.9 Å². The van der Waals surface area contributed by atoms with Crippen LogP contribution in [0.4, 0.5) is 5.69 Å². The Morgan fingerprint density at radius 2 is 1.61 bits per heavy atom. The Hall–Kier alpha value is -3.87. The van der Waals surface area contributed by atoms with E-state index in [9.17, 15) is 4.79 Å². The summed E-state index contributed by atoms with van der Waals surface area (Å²) < 4.78 is 2.12. The molecule has 0 saturated carbocycles. The fraction of sp³-hybridized carbons (Fsp3) is 0.226. The largest absolute Gasteiger partial charge is 0.369 e. The zero-order chi connectivity index (χ0) is 26.5. The lowest BCUT2D eigenvalue weighted by molar-refractivity contribution is 0.0955. The quantitative estimate of drug-likeness (QED) is 0.244. The van der Waals surface area contributed by atoms with E-state index >= 15 is 0 Å². The number of hydrogen-bond donors (Lipinski definition) is 1. The smallest absolute Gasteiger partial charge is 0.271 e. The Morgan fingerprint density at radius 1 is 0.895 bits per heavy atom. The van der Waals surface area contributed by atoms with Gasteiger partial charge in [-0.15, -0.1) is 0 Å². The normalized spacial score (nSPS) is 14.2. The number of rotatable bonds is 7. The first-order valence-corrected chi connectivity index (χ1v) is 13.3. The molecule has 194 valence electrons. The van der Waals surface area contributed by atoms with Gasteiger partial charge < -0.3 is 9.47 Å². The second kappa shape index (κ2) is 11.7. The molecule has 0 unspecified atom stereocenters. The van der Waals surface area contributed by atoms with Crippen molar-refractivity contribution in [2.75, 3.05) is 31.1 Å². The molecule has 0 atom stereocenters. The molecule has 38 heavy (non-hydrogen) atoms. The van der Waals surface area contributed by atoms with Gasteiger partial charge in [0.1, 0.15) is 0 Å². The molecule has 1 saturated heterocycles. The van der Waals surface area contributed by atoms with Crippen LogP contribution < -0.4 is 10.3 Å². The SMILES string of the molecule is Cc1cc(C=NNC(=O)c2ccc(CN3CCN(c4ccccc4)CC3)cc2)c(C)n1-c1cccc(Cl)c1. The fourth-order valence-electron chi connectivity index (χ4n) is 4.98. The van der Waals surface area contributed by atoms with Crippen LogP contribution in [-0.4, -0.2) is 47.8 Å². The summed E-state index contributed by atoms with van der Waals surface area (Å²) in [6.07, 6.45) is 1.69. The van der Waals surface area contributed by atoms with Crippen molar-refractivity contribution < 1.29 is 4.79 Å². The molecule has 6 nitrogen and oxygen atoms in total. The van der Waals surface area contributed by atoms with Crippen molar-refractivity contribution in [1.29, 1.82) is 0 Å². The van der Waals surface area contributed by atoms with E-state index in [0.717, 1.165) is 55.4 Å². The van der Waals surface area contributed by atoms with E-state index < -0.39 is 0 Å². The molecule has 0 spiro atoms. The first-order chi connectivity index (χ1) is 18.5. The highest BCUT2D eigenvalue weighted by Crippen LogP contribution is 2.22. The Balaban J connectivity index is 1.14. The lowest BCUT2D eigenvalue weighted by atomic mass is 10.1. The van der Waals surface area contributed by atoms with Gasteiger partial charge in [0.25, 0.3) is 5.91 Å². The summed E-state index contributed by atoms with van der Waals surface area (Å²) >= 11 is 6.18. The van der Waals surface area contributed by atoms with Gasteiger partial charge in [-0.25, -0.2) is 5.43 Å². The Morgan fingerprint density at radius 3 is 2.32 bits per heavy atom. The summed E-state index contributed by atoms with van der Waals surface area (Å²) in [4.78, 5) is 17.5. The van der Waals surface area contributed by atoms with E-state index in [1.165, 1.54) is 11.3 Å². The molecule has 2 heterocycles. The maximum Gasteiger partial charge on any atom is 0.271 e. The molecule has 0 aliphatic carbocycles. The second-order valence-corrected chi connectivity index (χ2v) is 10.1. The standard InChI is InChI=1S/C31H32ClN5O/c1-23-19-27(24(2)37(23)30-10-6-7-28(32)20-30)21-33-34-31(38)26-13-11-25(12-14-26)22-35-15-17-36(18-16-35)29-8-4-3-5-9-29/h3-14,19-21H,15-18,22H2,1-2H3,(H,34,38). The Labute approximate surface area is 229 Å². The van der Waals surface area contributed by atoms with Crippen LogP contribution in [0.2, 0.25) is 5.02 Å². The van der Waals surface area contributed by atoms with Crippen LogP contribution in [0.3, 0.4) is 0 Å². The zero-order valence-electron chi connectivity index (χ0n) is 21.8. The number of hydrogen-bond acceptors (Lipinski definition) is 4. The molecule has 1 aliphatic rings. The minimum Gasteiger partial charge on any atom is -0.369 e. The lowest BCUT2D eigenvalue weighted by Crippen LogP contribution is -2.45. The molecular weight excluding hydrogens is 494 g/mol. The van der Waals surface area contributed by atoms with Crippen LogP contribution in [-0.2, 0) is 6.54 Å². The first-order valence-electron chi connectivity index (χ1n) is 12.9. The number of benzene rings is 3.